The number of para-hydroxylation sites is 1. The molecule has 1 fully saturated rings. The van der Waals surface area contributed by atoms with Gasteiger partial charge in [-0.2, -0.15) is 0 Å². The first-order valence-electron chi connectivity index (χ1n) is 6.70. The lowest BCUT2D eigenvalue weighted by molar-refractivity contribution is 0.0339. The van der Waals surface area contributed by atoms with Crippen molar-refractivity contribution < 1.29 is 14.6 Å². The van der Waals surface area contributed by atoms with Crippen molar-refractivity contribution in [2.24, 2.45) is 5.92 Å². The second-order valence-electron chi connectivity index (χ2n) is 4.95. The van der Waals surface area contributed by atoms with Crippen molar-refractivity contribution in [1.82, 2.24) is 5.32 Å². The molecule has 0 heterocycles. The van der Waals surface area contributed by atoms with Crippen molar-refractivity contribution in [3.8, 4) is 0 Å². The monoisotopic (exact) mass is 298 g/mol. The molecular weight excluding hydrogens is 280 g/mol. The van der Waals surface area contributed by atoms with Crippen LogP contribution >= 0.6 is 11.6 Å². The van der Waals surface area contributed by atoms with E-state index in [9.17, 15) is 9.90 Å². The highest BCUT2D eigenvalue weighted by atomic mass is 35.5. The van der Waals surface area contributed by atoms with Crippen LogP contribution in [0.2, 0.25) is 5.02 Å². The van der Waals surface area contributed by atoms with Gasteiger partial charge in [-0.05, 0) is 30.9 Å². The topological polar surface area (TPSA) is 70.6 Å². The Labute approximate surface area is 123 Å². The SMILES string of the molecule is O=C(NC[C@@H](O)COCC1CC1)Nc1ccccc1Cl. The fourth-order valence-corrected chi connectivity index (χ4v) is 1.84. The smallest absolute Gasteiger partial charge is 0.319 e. The lowest BCUT2D eigenvalue weighted by Crippen LogP contribution is -2.37. The van der Waals surface area contributed by atoms with Crippen LogP contribution in [-0.4, -0.2) is 37.0 Å². The number of hydrogen-bond donors (Lipinski definition) is 3. The highest BCUT2D eigenvalue weighted by Crippen LogP contribution is 2.28. The third-order valence-electron chi connectivity index (χ3n) is 2.98. The minimum absolute atomic E-state index is 0.140. The summed E-state index contributed by atoms with van der Waals surface area (Å²) in [5, 5.41) is 15.3. The molecule has 20 heavy (non-hydrogen) atoms. The molecule has 1 aromatic carbocycles. The standard InChI is InChI=1S/C14H19ClN2O3/c15-12-3-1-2-4-13(12)17-14(19)16-7-11(18)9-20-8-10-5-6-10/h1-4,10-11,18H,5-9H2,(H2,16,17,19)/t11-/m1/s1. The Balaban J connectivity index is 1.62. The highest BCUT2D eigenvalue weighted by molar-refractivity contribution is 6.33. The number of hydrogen-bond acceptors (Lipinski definition) is 3. The van der Waals surface area contributed by atoms with E-state index in [2.05, 4.69) is 10.6 Å². The van der Waals surface area contributed by atoms with Crippen LogP contribution in [0.3, 0.4) is 0 Å². The second-order valence-corrected chi connectivity index (χ2v) is 5.36. The first-order valence-corrected chi connectivity index (χ1v) is 7.08. The summed E-state index contributed by atoms with van der Waals surface area (Å²) < 4.78 is 5.35. The van der Waals surface area contributed by atoms with Crippen molar-refractivity contribution in [1.29, 1.82) is 0 Å². The summed E-state index contributed by atoms with van der Waals surface area (Å²) in [6.45, 7) is 1.08. The number of benzene rings is 1. The zero-order chi connectivity index (χ0) is 14.4. The van der Waals surface area contributed by atoms with E-state index in [4.69, 9.17) is 16.3 Å². The van der Waals surface area contributed by atoms with Gasteiger partial charge in [-0.25, -0.2) is 4.79 Å². The molecule has 0 aromatic heterocycles. The molecule has 2 amide bonds. The number of carbonyl (C=O) groups excluding carboxylic acids is 1. The highest BCUT2D eigenvalue weighted by Gasteiger charge is 2.21. The molecule has 2 rings (SSSR count). The van der Waals surface area contributed by atoms with E-state index >= 15 is 0 Å². The molecule has 1 aromatic rings. The predicted octanol–water partition coefficient (Wildman–Crippen LogP) is 2.25. The van der Waals surface area contributed by atoms with Gasteiger partial charge in [-0.1, -0.05) is 23.7 Å². The molecule has 0 spiro atoms. The van der Waals surface area contributed by atoms with Crippen LogP contribution in [0.1, 0.15) is 12.8 Å². The Morgan fingerprint density at radius 3 is 2.90 bits per heavy atom. The summed E-state index contributed by atoms with van der Waals surface area (Å²) in [7, 11) is 0. The molecule has 1 aliphatic rings. The summed E-state index contributed by atoms with van der Waals surface area (Å²) in [6, 6.07) is 6.56. The Morgan fingerprint density at radius 2 is 2.20 bits per heavy atom. The first kappa shape index (κ1) is 15.1. The molecule has 0 radical (unpaired) electrons. The molecule has 1 aliphatic carbocycles. The third-order valence-corrected chi connectivity index (χ3v) is 3.31. The largest absolute Gasteiger partial charge is 0.389 e. The van der Waals surface area contributed by atoms with Gasteiger partial charge in [-0.15, -0.1) is 0 Å². The van der Waals surface area contributed by atoms with Crippen LogP contribution in [0.4, 0.5) is 10.5 Å². The lowest BCUT2D eigenvalue weighted by Gasteiger charge is -2.13. The van der Waals surface area contributed by atoms with E-state index in [-0.39, 0.29) is 13.2 Å². The number of rotatable bonds is 7. The maximum Gasteiger partial charge on any atom is 0.319 e. The summed E-state index contributed by atoms with van der Waals surface area (Å²) in [4.78, 5) is 11.6. The predicted molar refractivity (Wildman–Crippen MR) is 78.0 cm³/mol. The number of carbonyl (C=O) groups is 1. The molecule has 0 bridgehead atoms. The molecule has 110 valence electrons. The number of aliphatic hydroxyl groups is 1. The Bertz CT molecular complexity index is 452. The fourth-order valence-electron chi connectivity index (χ4n) is 1.65. The maximum atomic E-state index is 11.6. The molecule has 5 nitrogen and oxygen atoms in total. The van der Waals surface area contributed by atoms with Gasteiger partial charge in [0.1, 0.15) is 0 Å². The third kappa shape index (κ3) is 5.36. The van der Waals surface area contributed by atoms with E-state index in [1.54, 1.807) is 24.3 Å². The molecular formula is C14H19ClN2O3. The quantitative estimate of drug-likeness (QED) is 0.723. The van der Waals surface area contributed by atoms with E-state index in [1.807, 2.05) is 0 Å². The number of anilines is 1. The normalized spacial score (nSPS) is 15.7. The minimum atomic E-state index is -0.703. The van der Waals surface area contributed by atoms with E-state index in [0.29, 0.717) is 23.2 Å². The van der Waals surface area contributed by atoms with Gasteiger partial charge in [0.05, 0.1) is 23.4 Å². The van der Waals surface area contributed by atoms with E-state index in [0.717, 1.165) is 0 Å². The number of amides is 2. The average molecular weight is 299 g/mol. The molecule has 0 saturated heterocycles. The number of halogens is 1. The van der Waals surface area contributed by atoms with Crippen molar-refractivity contribution in [3.63, 3.8) is 0 Å². The van der Waals surface area contributed by atoms with Crippen LogP contribution in [0, 0.1) is 5.92 Å². The van der Waals surface area contributed by atoms with Crippen molar-refractivity contribution in [2.75, 3.05) is 25.1 Å². The van der Waals surface area contributed by atoms with E-state index < -0.39 is 12.1 Å². The van der Waals surface area contributed by atoms with Crippen LogP contribution in [0.15, 0.2) is 24.3 Å². The van der Waals surface area contributed by atoms with Gasteiger partial charge in [0.25, 0.3) is 0 Å². The molecule has 6 heteroatoms. The Morgan fingerprint density at radius 1 is 1.45 bits per heavy atom. The molecule has 1 atom stereocenters. The number of aliphatic hydroxyl groups excluding tert-OH is 1. The van der Waals surface area contributed by atoms with Crippen molar-refractivity contribution >= 4 is 23.3 Å². The van der Waals surface area contributed by atoms with Crippen molar-refractivity contribution in [3.05, 3.63) is 29.3 Å². The Hall–Kier alpha value is -1.30. The number of ether oxygens (including phenoxy) is 1. The molecule has 0 unspecified atom stereocenters. The summed E-state index contributed by atoms with van der Waals surface area (Å²) >= 11 is 5.92. The van der Waals surface area contributed by atoms with Gasteiger partial charge in [0.2, 0.25) is 0 Å². The maximum absolute atomic E-state index is 11.6. The molecule has 1 saturated carbocycles. The Kier molecular flexibility index (Phi) is 5.64. The fraction of sp³-hybridized carbons (Fsp3) is 0.500. The average Bonchev–Trinajstić information content (AvgIpc) is 3.23. The van der Waals surface area contributed by atoms with Crippen LogP contribution in [-0.2, 0) is 4.74 Å². The number of urea groups is 1. The van der Waals surface area contributed by atoms with Gasteiger partial charge in [-0.3, -0.25) is 0 Å². The van der Waals surface area contributed by atoms with E-state index in [1.165, 1.54) is 12.8 Å². The van der Waals surface area contributed by atoms with Crippen LogP contribution in [0.5, 0.6) is 0 Å². The van der Waals surface area contributed by atoms with Crippen LogP contribution < -0.4 is 10.6 Å². The summed E-state index contributed by atoms with van der Waals surface area (Å²) in [6.07, 6.45) is 1.73. The second kappa shape index (κ2) is 7.47. The van der Waals surface area contributed by atoms with Gasteiger partial charge >= 0.3 is 6.03 Å². The number of nitrogens with one attached hydrogen (secondary N) is 2. The van der Waals surface area contributed by atoms with Gasteiger partial charge in [0, 0.05) is 13.2 Å². The summed E-state index contributed by atoms with van der Waals surface area (Å²) in [5.74, 6) is 0.665. The first-order chi connectivity index (χ1) is 9.65. The zero-order valence-electron chi connectivity index (χ0n) is 11.1. The molecule has 3 N–H and O–H groups in total. The van der Waals surface area contributed by atoms with Gasteiger partial charge in [0.15, 0.2) is 0 Å². The minimum Gasteiger partial charge on any atom is -0.389 e. The zero-order valence-corrected chi connectivity index (χ0v) is 11.9. The summed E-state index contributed by atoms with van der Waals surface area (Å²) in [5.41, 5.74) is 0.533. The van der Waals surface area contributed by atoms with Crippen molar-refractivity contribution in [2.45, 2.75) is 18.9 Å². The lowest BCUT2D eigenvalue weighted by atomic mass is 10.3. The van der Waals surface area contributed by atoms with Crippen LogP contribution in [0.25, 0.3) is 0 Å². The van der Waals surface area contributed by atoms with Gasteiger partial charge < -0.3 is 20.5 Å². The molecule has 0 aliphatic heterocycles.